The molecule has 0 aromatic carbocycles. The van der Waals surface area contributed by atoms with E-state index in [0.29, 0.717) is 0 Å². The summed E-state index contributed by atoms with van der Waals surface area (Å²) in [6.45, 7) is 3.45. The highest BCUT2D eigenvalue weighted by Gasteiger charge is 2.61. The molecule has 5 nitrogen and oxygen atoms in total. The van der Waals surface area contributed by atoms with Crippen molar-refractivity contribution < 1.29 is 19.5 Å². The van der Waals surface area contributed by atoms with Gasteiger partial charge in [-0.3, -0.25) is 14.5 Å². The number of hydrogen-bond donors (Lipinski definition) is 1. The van der Waals surface area contributed by atoms with Crippen LogP contribution in [0.3, 0.4) is 0 Å². The molecule has 1 N–H and O–H groups in total. The Morgan fingerprint density at radius 2 is 1.68 bits per heavy atom. The Bertz CT molecular complexity index is 466. The molecular formula is C14H17NO4. The van der Waals surface area contributed by atoms with Crippen molar-refractivity contribution in [2.75, 3.05) is 0 Å². The van der Waals surface area contributed by atoms with Gasteiger partial charge in [-0.1, -0.05) is 26.0 Å². The molecule has 1 saturated carbocycles. The van der Waals surface area contributed by atoms with Gasteiger partial charge in [0, 0.05) is 0 Å². The van der Waals surface area contributed by atoms with Gasteiger partial charge in [-0.15, -0.1) is 0 Å². The van der Waals surface area contributed by atoms with Gasteiger partial charge in [0.05, 0.1) is 11.8 Å². The quantitative estimate of drug-likeness (QED) is 0.606. The van der Waals surface area contributed by atoms with Gasteiger partial charge >= 0.3 is 5.97 Å². The highest BCUT2D eigenvalue weighted by atomic mass is 16.4. The van der Waals surface area contributed by atoms with Crippen LogP contribution in [0.1, 0.15) is 20.3 Å². The second kappa shape index (κ2) is 3.92. The summed E-state index contributed by atoms with van der Waals surface area (Å²) in [6.07, 6.45) is 4.87. The van der Waals surface area contributed by atoms with Crippen LogP contribution in [0.4, 0.5) is 0 Å². The van der Waals surface area contributed by atoms with E-state index in [1.54, 1.807) is 13.8 Å². The van der Waals surface area contributed by atoms with E-state index in [1.165, 1.54) is 0 Å². The van der Waals surface area contributed by atoms with Crippen molar-refractivity contribution in [3.63, 3.8) is 0 Å². The molecule has 5 atom stereocenters. The largest absolute Gasteiger partial charge is 0.480 e. The Labute approximate surface area is 111 Å². The maximum Gasteiger partial charge on any atom is 0.327 e. The van der Waals surface area contributed by atoms with Crippen LogP contribution in [0, 0.1) is 29.6 Å². The van der Waals surface area contributed by atoms with Crippen LogP contribution in [-0.2, 0) is 14.4 Å². The topological polar surface area (TPSA) is 74.7 Å². The van der Waals surface area contributed by atoms with Gasteiger partial charge in [-0.05, 0) is 24.2 Å². The zero-order valence-electron chi connectivity index (χ0n) is 10.9. The van der Waals surface area contributed by atoms with E-state index in [0.717, 1.165) is 11.3 Å². The summed E-state index contributed by atoms with van der Waals surface area (Å²) in [7, 11) is 0. The minimum absolute atomic E-state index is 0.123. The standard InChI is InChI=1S/C14H17NO4/c1-6(2)11(14(18)19)15-12(16)9-7-3-4-8(5-7)10(9)13(15)17/h3-4,6-11H,5H2,1-2H3,(H,18,19)/t7-,8-,9-,10+,11-/m0/s1. The van der Waals surface area contributed by atoms with Crippen molar-refractivity contribution in [3.05, 3.63) is 12.2 Å². The summed E-state index contributed by atoms with van der Waals surface area (Å²) >= 11 is 0. The second-order valence-corrected chi connectivity index (χ2v) is 6.07. The molecule has 2 aliphatic carbocycles. The van der Waals surface area contributed by atoms with E-state index < -0.39 is 12.0 Å². The fraction of sp³-hybridized carbons (Fsp3) is 0.643. The van der Waals surface area contributed by atoms with Gasteiger partial charge in [0.2, 0.25) is 11.8 Å². The molecule has 2 fully saturated rings. The lowest BCUT2D eigenvalue weighted by Crippen LogP contribution is -2.49. The summed E-state index contributed by atoms with van der Waals surface area (Å²) in [5.41, 5.74) is 0. The molecule has 2 amide bonds. The van der Waals surface area contributed by atoms with Crippen LogP contribution in [-0.4, -0.2) is 33.8 Å². The Morgan fingerprint density at radius 1 is 1.21 bits per heavy atom. The minimum Gasteiger partial charge on any atom is -0.480 e. The highest BCUT2D eigenvalue weighted by Crippen LogP contribution is 2.53. The smallest absolute Gasteiger partial charge is 0.327 e. The number of amides is 2. The van der Waals surface area contributed by atoms with Crippen LogP contribution < -0.4 is 0 Å². The van der Waals surface area contributed by atoms with Crippen LogP contribution >= 0.6 is 0 Å². The van der Waals surface area contributed by atoms with Crippen molar-refractivity contribution in [3.8, 4) is 0 Å². The van der Waals surface area contributed by atoms with Gasteiger partial charge in [0.25, 0.3) is 0 Å². The number of carboxylic acid groups (broad SMARTS) is 1. The molecule has 0 unspecified atom stereocenters. The average Bonchev–Trinajstić information content (AvgIpc) is 2.97. The Kier molecular flexibility index (Phi) is 2.56. The van der Waals surface area contributed by atoms with Gasteiger partial charge < -0.3 is 5.11 Å². The van der Waals surface area contributed by atoms with E-state index in [4.69, 9.17) is 0 Å². The molecule has 2 bridgehead atoms. The van der Waals surface area contributed by atoms with Crippen molar-refractivity contribution in [1.82, 2.24) is 4.90 Å². The lowest BCUT2D eigenvalue weighted by molar-refractivity contribution is -0.157. The molecule has 5 heteroatoms. The van der Waals surface area contributed by atoms with Crippen molar-refractivity contribution in [2.24, 2.45) is 29.6 Å². The number of carbonyl (C=O) groups is 3. The second-order valence-electron chi connectivity index (χ2n) is 6.07. The Hall–Kier alpha value is -1.65. The predicted octanol–water partition coefficient (Wildman–Crippen LogP) is 0.903. The molecule has 3 aliphatic rings. The summed E-state index contributed by atoms with van der Waals surface area (Å²) in [4.78, 5) is 37.3. The lowest BCUT2D eigenvalue weighted by atomic mass is 9.85. The molecule has 0 radical (unpaired) electrons. The van der Waals surface area contributed by atoms with Gasteiger partial charge in [-0.2, -0.15) is 0 Å². The molecule has 1 heterocycles. The first-order valence-electron chi connectivity index (χ1n) is 6.71. The van der Waals surface area contributed by atoms with E-state index >= 15 is 0 Å². The number of carboxylic acids is 1. The third kappa shape index (κ3) is 1.50. The number of carbonyl (C=O) groups excluding carboxylic acids is 2. The third-order valence-electron chi connectivity index (χ3n) is 4.67. The summed E-state index contributed by atoms with van der Waals surface area (Å²) in [5, 5.41) is 9.29. The first-order valence-corrected chi connectivity index (χ1v) is 6.71. The molecular weight excluding hydrogens is 246 g/mol. The van der Waals surface area contributed by atoms with Gasteiger partial charge in [-0.25, -0.2) is 4.79 Å². The number of imide groups is 1. The molecule has 102 valence electrons. The minimum atomic E-state index is -1.10. The molecule has 19 heavy (non-hydrogen) atoms. The summed E-state index contributed by atoms with van der Waals surface area (Å²) < 4.78 is 0. The summed E-state index contributed by atoms with van der Waals surface area (Å²) in [5.74, 6) is -2.34. The van der Waals surface area contributed by atoms with E-state index in [9.17, 15) is 19.5 Å². The zero-order valence-corrected chi connectivity index (χ0v) is 10.9. The maximum atomic E-state index is 12.4. The van der Waals surface area contributed by atoms with Crippen molar-refractivity contribution in [2.45, 2.75) is 26.3 Å². The van der Waals surface area contributed by atoms with E-state index in [-0.39, 0.29) is 41.4 Å². The predicted molar refractivity (Wildman–Crippen MR) is 65.8 cm³/mol. The van der Waals surface area contributed by atoms with Crippen LogP contribution in [0.15, 0.2) is 12.2 Å². The monoisotopic (exact) mass is 263 g/mol. The number of rotatable bonds is 3. The van der Waals surface area contributed by atoms with Gasteiger partial charge in [0.15, 0.2) is 0 Å². The number of aliphatic carboxylic acids is 1. The van der Waals surface area contributed by atoms with Crippen LogP contribution in [0.25, 0.3) is 0 Å². The highest BCUT2D eigenvalue weighted by molar-refractivity contribution is 6.08. The molecule has 0 aromatic heterocycles. The number of allylic oxidation sites excluding steroid dienone is 2. The molecule has 1 aliphatic heterocycles. The van der Waals surface area contributed by atoms with Crippen molar-refractivity contribution >= 4 is 17.8 Å². The first kappa shape index (κ1) is 12.4. The third-order valence-corrected chi connectivity index (χ3v) is 4.67. The van der Waals surface area contributed by atoms with Crippen LogP contribution in [0.5, 0.6) is 0 Å². The van der Waals surface area contributed by atoms with Gasteiger partial charge in [0.1, 0.15) is 6.04 Å². The van der Waals surface area contributed by atoms with Crippen molar-refractivity contribution in [1.29, 1.82) is 0 Å². The Morgan fingerprint density at radius 3 is 2.05 bits per heavy atom. The number of hydrogen-bond acceptors (Lipinski definition) is 3. The molecule has 0 aromatic rings. The molecule has 0 spiro atoms. The number of likely N-dealkylation sites (tertiary alicyclic amines) is 1. The maximum absolute atomic E-state index is 12.4. The number of nitrogens with zero attached hydrogens (tertiary/aromatic N) is 1. The normalized spacial score (nSPS) is 37.3. The lowest BCUT2D eigenvalue weighted by Gasteiger charge is -2.27. The number of fused-ring (bicyclic) bond motifs is 5. The Balaban J connectivity index is 1.96. The van der Waals surface area contributed by atoms with Crippen LogP contribution in [0.2, 0.25) is 0 Å². The average molecular weight is 263 g/mol. The molecule has 1 saturated heterocycles. The fourth-order valence-corrected chi connectivity index (χ4v) is 3.89. The SMILES string of the molecule is CC(C)[C@@H](C(=O)O)N1C(=O)[C@@H]2[C@H](C1=O)[C@H]1C=C[C@H]2C1. The summed E-state index contributed by atoms with van der Waals surface area (Å²) in [6, 6.07) is -1.04. The fourth-order valence-electron chi connectivity index (χ4n) is 3.89. The molecule has 3 rings (SSSR count). The zero-order chi connectivity index (χ0) is 13.9. The van der Waals surface area contributed by atoms with E-state index in [2.05, 4.69) is 0 Å². The first-order chi connectivity index (χ1) is 8.93. The van der Waals surface area contributed by atoms with E-state index in [1.807, 2.05) is 12.2 Å².